The quantitative estimate of drug-likeness (QED) is 0.898. The van der Waals surface area contributed by atoms with Gasteiger partial charge in [-0.3, -0.25) is 4.98 Å². The number of benzene rings is 1. The minimum atomic E-state index is -3.19. The molecule has 0 atom stereocenters. The largest absolute Gasteiger partial charge is 0.322 e. The third-order valence-electron chi connectivity index (χ3n) is 3.84. The molecule has 23 heavy (non-hydrogen) atoms. The predicted molar refractivity (Wildman–Crippen MR) is 88.8 cm³/mol. The van der Waals surface area contributed by atoms with E-state index < -0.39 is 10.0 Å². The van der Waals surface area contributed by atoms with E-state index in [4.69, 9.17) is 0 Å². The van der Waals surface area contributed by atoms with Crippen LogP contribution in [0.3, 0.4) is 0 Å². The average molecular weight is 334 g/mol. The molecular weight excluding hydrogens is 316 g/mol. The number of nitrogens with zero attached hydrogens (tertiary/aromatic N) is 3. The van der Waals surface area contributed by atoms with Crippen LogP contribution in [-0.2, 0) is 10.0 Å². The first-order chi connectivity index (χ1) is 10.9. The van der Waals surface area contributed by atoms with Gasteiger partial charge in [0.2, 0.25) is 10.0 Å². The van der Waals surface area contributed by atoms with Gasteiger partial charge in [-0.25, -0.2) is 13.2 Å². The van der Waals surface area contributed by atoms with Crippen LogP contribution in [-0.4, -0.2) is 61.1 Å². The van der Waals surface area contributed by atoms with Crippen molar-refractivity contribution in [2.24, 2.45) is 0 Å². The van der Waals surface area contributed by atoms with Gasteiger partial charge in [0.1, 0.15) is 0 Å². The highest BCUT2D eigenvalue weighted by Gasteiger charge is 2.26. The second-order valence-electron chi connectivity index (χ2n) is 5.50. The van der Waals surface area contributed by atoms with E-state index in [2.05, 4.69) is 10.3 Å². The summed E-state index contributed by atoms with van der Waals surface area (Å²) in [6.45, 7) is 1.39. The van der Waals surface area contributed by atoms with Gasteiger partial charge in [-0.2, -0.15) is 4.31 Å². The Labute approximate surface area is 135 Å². The van der Waals surface area contributed by atoms with E-state index in [1.807, 2.05) is 30.3 Å². The van der Waals surface area contributed by atoms with Crippen LogP contribution in [0.5, 0.6) is 0 Å². The zero-order valence-corrected chi connectivity index (χ0v) is 13.6. The number of para-hydroxylation sites is 1. The van der Waals surface area contributed by atoms with Crippen molar-refractivity contribution in [2.45, 2.75) is 0 Å². The lowest BCUT2D eigenvalue weighted by atomic mass is 10.2. The van der Waals surface area contributed by atoms with Crippen molar-refractivity contribution in [2.75, 3.05) is 37.8 Å². The molecule has 2 amide bonds. The molecule has 1 aliphatic rings. The zero-order chi connectivity index (χ0) is 16.4. The molecule has 7 nitrogen and oxygen atoms in total. The summed E-state index contributed by atoms with van der Waals surface area (Å²) in [7, 11) is -3.19. The summed E-state index contributed by atoms with van der Waals surface area (Å²) in [5, 5.41) is 3.76. The van der Waals surface area contributed by atoms with Crippen LogP contribution < -0.4 is 5.32 Å². The predicted octanol–water partition coefficient (Wildman–Crippen LogP) is 1.34. The van der Waals surface area contributed by atoms with E-state index in [-0.39, 0.29) is 6.03 Å². The fraction of sp³-hybridized carbons (Fsp3) is 0.333. The molecule has 0 aliphatic carbocycles. The first-order valence-corrected chi connectivity index (χ1v) is 9.14. The standard InChI is InChI=1S/C15H18N4O3S/c1-23(21,22)19-8-6-18(7-9-19)15(20)17-13-10-12-4-2-3-5-14(12)16-11-13/h2-5,10-11H,6-9H2,1H3,(H,17,20). The summed E-state index contributed by atoms with van der Waals surface area (Å²) in [5.74, 6) is 0. The molecule has 0 unspecified atom stereocenters. The summed E-state index contributed by atoms with van der Waals surface area (Å²) in [5.41, 5.74) is 1.49. The molecule has 122 valence electrons. The normalized spacial score (nSPS) is 16.5. The summed E-state index contributed by atoms with van der Waals surface area (Å²) < 4.78 is 24.3. The van der Waals surface area contributed by atoms with Crippen LogP contribution in [0.2, 0.25) is 0 Å². The molecule has 8 heteroatoms. The smallest absolute Gasteiger partial charge is 0.321 e. The van der Waals surface area contributed by atoms with Crippen LogP contribution in [0.15, 0.2) is 36.5 Å². The van der Waals surface area contributed by atoms with Crippen molar-refractivity contribution in [1.29, 1.82) is 0 Å². The maximum atomic E-state index is 12.3. The topological polar surface area (TPSA) is 82.6 Å². The molecule has 0 radical (unpaired) electrons. The molecule has 3 rings (SSSR count). The van der Waals surface area contributed by atoms with Crippen molar-refractivity contribution in [3.05, 3.63) is 36.5 Å². The summed E-state index contributed by atoms with van der Waals surface area (Å²) in [6, 6.07) is 9.30. The number of piperazine rings is 1. The van der Waals surface area contributed by atoms with Gasteiger partial charge in [0.25, 0.3) is 0 Å². The zero-order valence-electron chi connectivity index (χ0n) is 12.8. The maximum absolute atomic E-state index is 12.3. The Hall–Kier alpha value is -2.19. The average Bonchev–Trinajstić information content (AvgIpc) is 2.54. The molecule has 2 aromatic rings. The van der Waals surface area contributed by atoms with E-state index in [1.165, 1.54) is 10.6 Å². The first-order valence-electron chi connectivity index (χ1n) is 7.29. The number of amides is 2. The van der Waals surface area contributed by atoms with Crippen LogP contribution >= 0.6 is 0 Å². The first kappa shape index (κ1) is 15.7. The number of rotatable bonds is 2. The fourth-order valence-electron chi connectivity index (χ4n) is 2.56. The summed E-state index contributed by atoms with van der Waals surface area (Å²) in [4.78, 5) is 18.2. The van der Waals surface area contributed by atoms with Crippen molar-refractivity contribution < 1.29 is 13.2 Å². The molecule has 1 aliphatic heterocycles. The SMILES string of the molecule is CS(=O)(=O)N1CCN(C(=O)Nc2cnc3ccccc3c2)CC1. The highest BCUT2D eigenvalue weighted by Crippen LogP contribution is 2.17. The van der Waals surface area contributed by atoms with Crippen molar-refractivity contribution >= 4 is 32.6 Å². The van der Waals surface area contributed by atoms with Crippen LogP contribution in [0.25, 0.3) is 10.9 Å². The number of hydrogen-bond donors (Lipinski definition) is 1. The molecule has 1 N–H and O–H groups in total. The number of nitrogens with one attached hydrogen (secondary N) is 1. The fourth-order valence-corrected chi connectivity index (χ4v) is 3.39. The van der Waals surface area contributed by atoms with Gasteiger partial charge in [-0.1, -0.05) is 18.2 Å². The van der Waals surface area contributed by atoms with Crippen molar-refractivity contribution in [3.63, 3.8) is 0 Å². The molecule has 0 saturated carbocycles. The van der Waals surface area contributed by atoms with Crippen molar-refractivity contribution in [1.82, 2.24) is 14.2 Å². The van der Waals surface area contributed by atoms with Gasteiger partial charge in [-0.05, 0) is 12.1 Å². The molecule has 1 aromatic heterocycles. The number of fused-ring (bicyclic) bond motifs is 1. The maximum Gasteiger partial charge on any atom is 0.321 e. The van der Waals surface area contributed by atoms with E-state index in [9.17, 15) is 13.2 Å². The highest BCUT2D eigenvalue weighted by molar-refractivity contribution is 7.88. The third-order valence-corrected chi connectivity index (χ3v) is 5.14. The minimum absolute atomic E-state index is 0.241. The number of carbonyl (C=O) groups excluding carboxylic acids is 1. The van der Waals surface area contributed by atoms with Gasteiger partial charge in [0, 0.05) is 31.6 Å². The molecular formula is C15H18N4O3S. The van der Waals surface area contributed by atoms with E-state index in [1.54, 1.807) is 11.1 Å². The number of pyridine rings is 1. The number of anilines is 1. The van der Waals surface area contributed by atoms with Gasteiger partial charge < -0.3 is 10.2 Å². The molecule has 1 fully saturated rings. The van der Waals surface area contributed by atoms with Crippen LogP contribution in [0.4, 0.5) is 10.5 Å². The Morgan fingerprint density at radius 1 is 1.17 bits per heavy atom. The van der Waals surface area contributed by atoms with Crippen molar-refractivity contribution in [3.8, 4) is 0 Å². The Kier molecular flexibility index (Phi) is 4.18. The van der Waals surface area contributed by atoms with Crippen LogP contribution in [0, 0.1) is 0 Å². The summed E-state index contributed by atoms with van der Waals surface area (Å²) >= 11 is 0. The van der Waals surface area contributed by atoms with E-state index in [0.717, 1.165) is 10.9 Å². The monoisotopic (exact) mass is 334 g/mol. The van der Waals surface area contributed by atoms with Gasteiger partial charge >= 0.3 is 6.03 Å². The van der Waals surface area contributed by atoms with E-state index in [0.29, 0.717) is 31.9 Å². The minimum Gasteiger partial charge on any atom is -0.322 e. The lowest BCUT2D eigenvalue weighted by molar-refractivity contribution is 0.184. The lowest BCUT2D eigenvalue weighted by Gasteiger charge is -2.33. The number of urea groups is 1. The number of aromatic nitrogens is 1. The molecule has 1 aromatic carbocycles. The Morgan fingerprint density at radius 2 is 1.87 bits per heavy atom. The Balaban J connectivity index is 1.65. The van der Waals surface area contributed by atoms with Crippen LogP contribution in [0.1, 0.15) is 0 Å². The Morgan fingerprint density at radius 3 is 2.57 bits per heavy atom. The second kappa shape index (κ2) is 6.13. The second-order valence-corrected chi connectivity index (χ2v) is 7.48. The molecule has 0 spiro atoms. The Bertz CT molecular complexity index is 829. The number of carbonyl (C=O) groups is 1. The van der Waals surface area contributed by atoms with Gasteiger partial charge in [0.15, 0.2) is 0 Å². The van der Waals surface area contributed by atoms with Gasteiger partial charge in [0.05, 0.1) is 23.7 Å². The number of hydrogen-bond acceptors (Lipinski definition) is 4. The number of sulfonamides is 1. The molecule has 2 heterocycles. The molecule has 0 bridgehead atoms. The third kappa shape index (κ3) is 3.59. The van der Waals surface area contributed by atoms with E-state index >= 15 is 0 Å². The van der Waals surface area contributed by atoms with Gasteiger partial charge in [-0.15, -0.1) is 0 Å². The lowest BCUT2D eigenvalue weighted by Crippen LogP contribution is -2.51. The summed E-state index contributed by atoms with van der Waals surface area (Å²) in [6.07, 6.45) is 2.80. The molecule has 1 saturated heterocycles. The highest BCUT2D eigenvalue weighted by atomic mass is 32.2.